The lowest BCUT2D eigenvalue weighted by molar-refractivity contribution is 0.291. The van der Waals surface area contributed by atoms with Crippen molar-refractivity contribution in [2.45, 2.75) is 52.4 Å². The molecule has 1 aliphatic carbocycles. The zero-order chi connectivity index (χ0) is 9.03. The third-order valence-corrected chi connectivity index (χ3v) is 4.39. The first kappa shape index (κ1) is 10.6. The fourth-order valence-electron chi connectivity index (χ4n) is 2.17. The van der Waals surface area contributed by atoms with E-state index in [0.29, 0.717) is 5.41 Å². The lowest BCUT2D eigenvalue weighted by atomic mass is 9.82. The SMILES string of the molecule is CC(C)CCC1(CBr)CCCC1. The standard InChI is InChI=1S/C11H21Br/c1-10(2)5-8-11(9-12)6-3-4-7-11/h10H,3-9H2,1-2H3. The molecule has 12 heavy (non-hydrogen) atoms. The van der Waals surface area contributed by atoms with Gasteiger partial charge in [0.15, 0.2) is 0 Å². The summed E-state index contributed by atoms with van der Waals surface area (Å²) in [6, 6.07) is 0. The Morgan fingerprint density at radius 1 is 1.25 bits per heavy atom. The van der Waals surface area contributed by atoms with Gasteiger partial charge in [0, 0.05) is 5.33 Å². The van der Waals surface area contributed by atoms with Crippen LogP contribution in [-0.4, -0.2) is 5.33 Å². The molecule has 0 aromatic heterocycles. The van der Waals surface area contributed by atoms with Crippen LogP contribution in [0.25, 0.3) is 0 Å². The van der Waals surface area contributed by atoms with E-state index in [9.17, 15) is 0 Å². The highest BCUT2D eigenvalue weighted by molar-refractivity contribution is 9.09. The molecule has 0 saturated heterocycles. The summed E-state index contributed by atoms with van der Waals surface area (Å²) in [5.74, 6) is 0.876. The Morgan fingerprint density at radius 2 is 1.83 bits per heavy atom. The van der Waals surface area contributed by atoms with Crippen LogP contribution in [0.4, 0.5) is 0 Å². The van der Waals surface area contributed by atoms with Crippen molar-refractivity contribution < 1.29 is 0 Å². The van der Waals surface area contributed by atoms with Crippen LogP contribution in [0.1, 0.15) is 52.4 Å². The third kappa shape index (κ3) is 2.76. The van der Waals surface area contributed by atoms with E-state index < -0.39 is 0 Å². The molecule has 0 atom stereocenters. The molecule has 0 aliphatic heterocycles. The largest absolute Gasteiger partial charge is 0.0922 e. The molecule has 1 saturated carbocycles. The van der Waals surface area contributed by atoms with E-state index in [1.807, 2.05) is 0 Å². The second-order valence-corrected chi connectivity index (χ2v) is 5.33. The first-order valence-electron chi connectivity index (χ1n) is 5.24. The van der Waals surface area contributed by atoms with Gasteiger partial charge in [0.2, 0.25) is 0 Å². The summed E-state index contributed by atoms with van der Waals surface area (Å²) in [5.41, 5.74) is 0.685. The second kappa shape index (κ2) is 4.64. The molecule has 0 spiro atoms. The predicted octanol–water partition coefficient (Wildman–Crippen LogP) is 4.38. The van der Waals surface area contributed by atoms with E-state index in [2.05, 4.69) is 29.8 Å². The van der Waals surface area contributed by atoms with E-state index in [1.54, 1.807) is 0 Å². The fourth-order valence-corrected chi connectivity index (χ4v) is 3.01. The average Bonchev–Trinajstić information content (AvgIpc) is 2.50. The molecule has 72 valence electrons. The van der Waals surface area contributed by atoms with Crippen molar-refractivity contribution >= 4 is 15.9 Å². The summed E-state index contributed by atoms with van der Waals surface area (Å²) >= 11 is 3.68. The average molecular weight is 233 g/mol. The number of halogens is 1. The third-order valence-electron chi connectivity index (χ3n) is 3.20. The summed E-state index contributed by atoms with van der Waals surface area (Å²) in [6.45, 7) is 4.66. The van der Waals surface area contributed by atoms with Crippen molar-refractivity contribution in [3.63, 3.8) is 0 Å². The second-order valence-electron chi connectivity index (χ2n) is 4.77. The Balaban J connectivity index is 2.34. The molecule has 0 unspecified atom stereocenters. The first-order chi connectivity index (χ1) is 5.68. The minimum absolute atomic E-state index is 0.685. The van der Waals surface area contributed by atoms with Crippen molar-refractivity contribution in [1.29, 1.82) is 0 Å². The summed E-state index contributed by atoms with van der Waals surface area (Å²) in [7, 11) is 0. The smallest absolute Gasteiger partial charge is 0.00879 e. The molecular weight excluding hydrogens is 212 g/mol. The molecule has 0 amide bonds. The maximum atomic E-state index is 3.68. The number of alkyl halides is 1. The minimum atomic E-state index is 0.685. The molecule has 0 heterocycles. The van der Waals surface area contributed by atoms with Crippen molar-refractivity contribution in [2.75, 3.05) is 5.33 Å². The Morgan fingerprint density at radius 3 is 2.25 bits per heavy atom. The molecule has 1 rings (SSSR count). The normalized spacial score (nSPS) is 22.0. The predicted molar refractivity (Wildman–Crippen MR) is 58.8 cm³/mol. The number of rotatable bonds is 4. The molecule has 1 fully saturated rings. The highest BCUT2D eigenvalue weighted by atomic mass is 79.9. The van der Waals surface area contributed by atoms with Crippen molar-refractivity contribution in [1.82, 2.24) is 0 Å². The van der Waals surface area contributed by atoms with E-state index >= 15 is 0 Å². The highest BCUT2D eigenvalue weighted by Gasteiger charge is 2.32. The zero-order valence-corrected chi connectivity index (χ0v) is 9.99. The van der Waals surface area contributed by atoms with Gasteiger partial charge < -0.3 is 0 Å². The molecule has 1 aliphatic rings. The zero-order valence-electron chi connectivity index (χ0n) is 8.41. The van der Waals surface area contributed by atoms with Gasteiger partial charge in [-0.1, -0.05) is 49.0 Å². The minimum Gasteiger partial charge on any atom is -0.0922 e. The summed E-state index contributed by atoms with van der Waals surface area (Å²) < 4.78 is 0. The molecular formula is C11H21Br. The monoisotopic (exact) mass is 232 g/mol. The van der Waals surface area contributed by atoms with E-state index in [0.717, 1.165) is 5.92 Å². The van der Waals surface area contributed by atoms with Gasteiger partial charge in [-0.2, -0.15) is 0 Å². The summed E-state index contributed by atoms with van der Waals surface area (Å²) in [4.78, 5) is 0. The van der Waals surface area contributed by atoms with E-state index in [1.165, 1.54) is 43.9 Å². The van der Waals surface area contributed by atoms with Crippen LogP contribution in [0.15, 0.2) is 0 Å². The maximum Gasteiger partial charge on any atom is 0.00879 e. The summed E-state index contributed by atoms with van der Waals surface area (Å²) in [6.07, 6.45) is 8.70. The lowest BCUT2D eigenvalue weighted by Crippen LogP contribution is -2.18. The van der Waals surface area contributed by atoms with Gasteiger partial charge in [0.25, 0.3) is 0 Å². The topological polar surface area (TPSA) is 0 Å². The van der Waals surface area contributed by atoms with Gasteiger partial charge in [-0.15, -0.1) is 0 Å². The van der Waals surface area contributed by atoms with Gasteiger partial charge in [-0.05, 0) is 30.6 Å². The van der Waals surface area contributed by atoms with Gasteiger partial charge in [-0.3, -0.25) is 0 Å². The van der Waals surface area contributed by atoms with Gasteiger partial charge in [0.05, 0.1) is 0 Å². The molecule has 1 heteroatoms. The number of hydrogen-bond acceptors (Lipinski definition) is 0. The highest BCUT2D eigenvalue weighted by Crippen LogP contribution is 2.43. The van der Waals surface area contributed by atoms with Crippen LogP contribution in [0.2, 0.25) is 0 Å². The number of hydrogen-bond donors (Lipinski definition) is 0. The van der Waals surface area contributed by atoms with Crippen LogP contribution < -0.4 is 0 Å². The molecule has 0 bridgehead atoms. The molecule has 0 aromatic carbocycles. The van der Waals surface area contributed by atoms with Crippen LogP contribution in [0.3, 0.4) is 0 Å². The van der Waals surface area contributed by atoms with Crippen LogP contribution >= 0.6 is 15.9 Å². The maximum absolute atomic E-state index is 3.68. The molecule has 0 radical (unpaired) electrons. The van der Waals surface area contributed by atoms with Gasteiger partial charge in [0.1, 0.15) is 0 Å². The van der Waals surface area contributed by atoms with Gasteiger partial charge >= 0.3 is 0 Å². The lowest BCUT2D eigenvalue weighted by Gasteiger charge is -2.27. The Labute approximate surface area is 85.3 Å². The van der Waals surface area contributed by atoms with Crippen LogP contribution in [0.5, 0.6) is 0 Å². The van der Waals surface area contributed by atoms with E-state index in [4.69, 9.17) is 0 Å². The Hall–Kier alpha value is 0.480. The fraction of sp³-hybridized carbons (Fsp3) is 1.00. The quantitative estimate of drug-likeness (QED) is 0.632. The van der Waals surface area contributed by atoms with Gasteiger partial charge in [-0.25, -0.2) is 0 Å². The van der Waals surface area contributed by atoms with Crippen molar-refractivity contribution in [3.05, 3.63) is 0 Å². The Kier molecular flexibility index (Phi) is 4.09. The van der Waals surface area contributed by atoms with Crippen molar-refractivity contribution in [2.24, 2.45) is 11.3 Å². The van der Waals surface area contributed by atoms with Crippen LogP contribution in [-0.2, 0) is 0 Å². The van der Waals surface area contributed by atoms with Crippen molar-refractivity contribution in [3.8, 4) is 0 Å². The van der Waals surface area contributed by atoms with E-state index in [-0.39, 0.29) is 0 Å². The Bertz CT molecular complexity index is 123. The summed E-state index contributed by atoms with van der Waals surface area (Å²) in [5, 5.41) is 1.23. The molecule has 0 aromatic rings. The molecule has 0 N–H and O–H groups in total. The molecule has 0 nitrogen and oxygen atoms in total. The van der Waals surface area contributed by atoms with Crippen LogP contribution in [0, 0.1) is 11.3 Å². The first-order valence-corrected chi connectivity index (χ1v) is 6.37.